The van der Waals surface area contributed by atoms with Crippen molar-refractivity contribution in [1.82, 2.24) is 4.31 Å². The van der Waals surface area contributed by atoms with Gasteiger partial charge in [-0.25, -0.2) is 12.8 Å². The van der Waals surface area contributed by atoms with Gasteiger partial charge in [0, 0.05) is 19.7 Å². The van der Waals surface area contributed by atoms with E-state index in [0.717, 1.165) is 12.0 Å². The molecule has 8 nitrogen and oxygen atoms in total. The first-order chi connectivity index (χ1) is 15.9. The first-order valence-electron chi connectivity index (χ1n) is 10.7. The number of ketones is 1. The van der Waals surface area contributed by atoms with Crippen molar-refractivity contribution in [1.29, 1.82) is 0 Å². The lowest BCUT2D eigenvalue weighted by Gasteiger charge is -2.24. The number of hydrogen-bond acceptors (Lipinski definition) is 6. The van der Waals surface area contributed by atoms with Crippen molar-refractivity contribution in [3.8, 4) is 5.75 Å². The quantitative estimate of drug-likeness (QED) is 0.517. The summed E-state index contributed by atoms with van der Waals surface area (Å²) in [5.74, 6) is -0.945. The SMILES string of the molecule is COC[C@@H]1CCCN1S(=O)(=O)c1ccc2c(c1)C(=O)C(=O)N2Cc1ccc(OCCF)cc1. The molecule has 1 saturated heterocycles. The summed E-state index contributed by atoms with van der Waals surface area (Å²) in [5.41, 5.74) is 1.19. The molecule has 0 radical (unpaired) electrons. The van der Waals surface area contributed by atoms with E-state index in [1.807, 2.05) is 0 Å². The normalized spacial score (nSPS) is 18.7. The molecular formula is C23H25FN2O6S. The third kappa shape index (κ3) is 4.50. The van der Waals surface area contributed by atoms with E-state index < -0.39 is 28.4 Å². The van der Waals surface area contributed by atoms with Gasteiger partial charge in [-0.2, -0.15) is 4.31 Å². The number of rotatable bonds is 9. The summed E-state index contributed by atoms with van der Waals surface area (Å²) >= 11 is 0. The standard InChI is InChI=1S/C23H25FN2O6S/c1-31-15-17-3-2-11-26(17)33(29,30)19-8-9-21-20(13-19)22(27)23(28)25(21)14-16-4-6-18(7-5-16)32-12-10-24/h4-9,13,17H,2-3,10-12,14-15H2,1H3/t17-/m0/s1. The molecule has 33 heavy (non-hydrogen) atoms. The zero-order valence-electron chi connectivity index (χ0n) is 18.2. The first-order valence-corrected chi connectivity index (χ1v) is 12.1. The number of methoxy groups -OCH3 is 1. The van der Waals surface area contributed by atoms with E-state index in [9.17, 15) is 22.4 Å². The predicted molar refractivity (Wildman–Crippen MR) is 119 cm³/mol. The molecule has 2 aliphatic heterocycles. The van der Waals surface area contributed by atoms with Crippen molar-refractivity contribution >= 4 is 27.4 Å². The van der Waals surface area contributed by atoms with Gasteiger partial charge in [-0.3, -0.25) is 9.59 Å². The Morgan fingerprint density at radius 2 is 1.88 bits per heavy atom. The lowest BCUT2D eigenvalue weighted by molar-refractivity contribution is -0.114. The fourth-order valence-electron chi connectivity index (χ4n) is 4.25. The summed E-state index contributed by atoms with van der Waals surface area (Å²) in [4.78, 5) is 26.6. The second-order valence-corrected chi connectivity index (χ2v) is 9.84. The third-order valence-corrected chi connectivity index (χ3v) is 7.79. The highest BCUT2D eigenvalue weighted by molar-refractivity contribution is 7.89. The molecule has 1 fully saturated rings. The smallest absolute Gasteiger partial charge is 0.299 e. The fourth-order valence-corrected chi connectivity index (χ4v) is 5.95. The first kappa shape index (κ1) is 23.3. The minimum atomic E-state index is -3.83. The summed E-state index contributed by atoms with van der Waals surface area (Å²) in [6, 6.07) is 10.8. The number of sulfonamides is 1. The summed E-state index contributed by atoms with van der Waals surface area (Å²) in [7, 11) is -2.30. The van der Waals surface area contributed by atoms with Crippen LogP contribution in [0.5, 0.6) is 5.75 Å². The van der Waals surface area contributed by atoms with E-state index in [1.54, 1.807) is 24.3 Å². The maximum atomic E-state index is 13.2. The summed E-state index contributed by atoms with van der Waals surface area (Å²) in [6.45, 7) is 0.186. The van der Waals surface area contributed by atoms with Crippen LogP contribution in [0.15, 0.2) is 47.4 Å². The average Bonchev–Trinajstić information content (AvgIpc) is 3.38. The molecule has 0 unspecified atom stereocenters. The van der Waals surface area contributed by atoms with Crippen LogP contribution in [0.1, 0.15) is 28.8 Å². The molecule has 2 aliphatic rings. The lowest BCUT2D eigenvalue weighted by atomic mass is 10.1. The van der Waals surface area contributed by atoms with Crippen molar-refractivity contribution in [3.05, 3.63) is 53.6 Å². The number of fused-ring (bicyclic) bond motifs is 1. The van der Waals surface area contributed by atoms with Gasteiger partial charge in [0.1, 0.15) is 19.0 Å². The molecule has 2 aromatic rings. The van der Waals surface area contributed by atoms with E-state index >= 15 is 0 Å². The fraction of sp³-hybridized carbons (Fsp3) is 0.391. The second-order valence-electron chi connectivity index (χ2n) is 7.95. The lowest BCUT2D eigenvalue weighted by Crippen LogP contribution is -2.38. The zero-order valence-corrected chi connectivity index (χ0v) is 19.0. The number of halogens is 1. The van der Waals surface area contributed by atoms with E-state index in [-0.39, 0.29) is 29.7 Å². The number of anilines is 1. The predicted octanol–water partition coefficient (Wildman–Crippen LogP) is 2.56. The van der Waals surface area contributed by atoms with Crippen molar-refractivity contribution in [2.75, 3.05) is 38.4 Å². The molecule has 0 N–H and O–H groups in total. The molecule has 1 atom stereocenters. The number of carbonyl (C=O) groups excluding carboxylic acids is 2. The second kappa shape index (κ2) is 9.58. The number of ether oxygens (including phenoxy) is 2. The van der Waals surface area contributed by atoms with Crippen molar-refractivity contribution < 1.29 is 31.9 Å². The van der Waals surface area contributed by atoms with Gasteiger partial charge >= 0.3 is 0 Å². The zero-order chi connectivity index (χ0) is 23.6. The minimum Gasteiger partial charge on any atom is -0.491 e. The van der Waals surface area contributed by atoms with Crippen LogP contribution in [0.25, 0.3) is 0 Å². The highest BCUT2D eigenvalue weighted by atomic mass is 32.2. The molecule has 0 saturated carbocycles. The number of Topliss-reactive ketones (excluding diaryl/α,β-unsaturated/α-hetero) is 1. The van der Waals surface area contributed by atoms with Crippen molar-refractivity contribution in [2.45, 2.75) is 30.3 Å². The molecular weight excluding hydrogens is 451 g/mol. The Morgan fingerprint density at radius 1 is 1.12 bits per heavy atom. The van der Waals surface area contributed by atoms with E-state index in [1.165, 1.54) is 34.5 Å². The van der Waals surface area contributed by atoms with Gasteiger partial charge in [-0.15, -0.1) is 0 Å². The molecule has 4 rings (SSSR count). The van der Waals surface area contributed by atoms with Gasteiger partial charge < -0.3 is 14.4 Å². The van der Waals surface area contributed by atoms with Crippen LogP contribution in [-0.2, 0) is 26.1 Å². The van der Waals surface area contributed by atoms with Gasteiger partial charge in [-0.05, 0) is 48.7 Å². The third-order valence-electron chi connectivity index (χ3n) is 5.84. The maximum absolute atomic E-state index is 13.2. The summed E-state index contributed by atoms with van der Waals surface area (Å²) in [6.07, 6.45) is 1.45. The Labute approximate surface area is 191 Å². The van der Waals surface area contributed by atoms with Gasteiger partial charge in [0.2, 0.25) is 10.0 Å². The Balaban J connectivity index is 1.58. The van der Waals surface area contributed by atoms with Gasteiger partial charge in [0.15, 0.2) is 0 Å². The molecule has 2 aromatic carbocycles. The molecule has 10 heteroatoms. The number of nitrogens with zero attached hydrogens (tertiary/aromatic N) is 2. The molecule has 2 heterocycles. The molecule has 0 spiro atoms. The molecule has 1 amide bonds. The Morgan fingerprint density at radius 3 is 2.58 bits per heavy atom. The topological polar surface area (TPSA) is 93.2 Å². The number of amides is 1. The van der Waals surface area contributed by atoms with E-state index in [0.29, 0.717) is 31.0 Å². The van der Waals surface area contributed by atoms with Crippen molar-refractivity contribution in [3.63, 3.8) is 0 Å². The Bertz CT molecular complexity index is 1150. The van der Waals surface area contributed by atoms with Crippen LogP contribution in [0, 0.1) is 0 Å². The van der Waals surface area contributed by atoms with E-state index in [4.69, 9.17) is 9.47 Å². The van der Waals surface area contributed by atoms with Gasteiger partial charge in [0.05, 0.1) is 29.3 Å². The number of carbonyl (C=O) groups is 2. The van der Waals surface area contributed by atoms with Gasteiger partial charge in [0.25, 0.3) is 11.7 Å². The highest BCUT2D eigenvalue weighted by Gasteiger charge is 2.39. The van der Waals surface area contributed by atoms with E-state index in [2.05, 4.69) is 0 Å². The van der Waals surface area contributed by atoms with Crippen LogP contribution in [0.2, 0.25) is 0 Å². The summed E-state index contributed by atoms with van der Waals surface area (Å²) < 4.78 is 50.4. The average molecular weight is 477 g/mol. The Kier molecular flexibility index (Phi) is 6.78. The molecule has 0 aliphatic carbocycles. The number of benzene rings is 2. The minimum absolute atomic E-state index is 0.0124. The van der Waals surface area contributed by atoms with Crippen molar-refractivity contribution in [2.24, 2.45) is 0 Å². The molecule has 0 bridgehead atoms. The largest absolute Gasteiger partial charge is 0.491 e. The summed E-state index contributed by atoms with van der Waals surface area (Å²) in [5, 5.41) is 0. The molecule has 176 valence electrons. The number of alkyl halides is 1. The molecule has 0 aromatic heterocycles. The van der Waals surface area contributed by atoms with Gasteiger partial charge in [-0.1, -0.05) is 12.1 Å². The van der Waals surface area contributed by atoms with Crippen LogP contribution in [0.3, 0.4) is 0 Å². The van der Waals surface area contributed by atoms with Crippen LogP contribution in [-0.4, -0.2) is 64.0 Å². The highest BCUT2D eigenvalue weighted by Crippen LogP contribution is 2.34. The van der Waals surface area contributed by atoms with Crippen LogP contribution >= 0.6 is 0 Å². The van der Waals surface area contributed by atoms with Crippen LogP contribution < -0.4 is 9.64 Å². The maximum Gasteiger partial charge on any atom is 0.299 e. The Hall–Kier alpha value is -2.82. The number of hydrogen-bond donors (Lipinski definition) is 0. The van der Waals surface area contributed by atoms with Crippen LogP contribution in [0.4, 0.5) is 10.1 Å². The monoisotopic (exact) mass is 476 g/mol.